The van der Waals surface area contributed by atoms with E-state index in [1.807, 2.05) is 0 Å². The van der Waals surface area contributed by atoms with Crippen molar-refractivity contribution in [3.05, 3.63) is 0 Å². The number of ether oxygens (including phenoxy) is 1. The zero-order valence-corrected chi connectivity index (χ0v) is 12.1. The molecule has 2 fully saturated rings. The second kappa shape index (κ2) is 7.25. The molecule has 4 atom stereocenters. The van der Waals surface area contributed by atoms with Crippen LogP contribution in [0.3, 0.4) is 0 Å². The van der Waals surface area contributed by atoms with Crippen LogP contribution >= 0.6 is 0 Å². The minimum Gasteiger partial charge on any atom is -0.378 e. The first kappa shape index (κ1) is 14.8. The van der Waals surface area contributed by atoms with Crippen molar-refractivity contribution in [2.75, 3.05) is 13.2 Å². The molecule has 1 saturated heterocycles. The third-order valence-electron chi connectivity index (χ3n) is 4.73. The molecule has 1 saturated carbocycles. The van der Waals surface area contributed by atoms with Gasteiger partial charge in [-0.2, -0.15) is 0 Å². The standard InChI is InChI=1S/C15H28N2O2/c1-2-14-12(7-8-19-14)10-17-15(18)9-11-5-3-4-6-13(11)16/h11-14H,2-10,16H2,1H3,(H,17,18). The van der Waals surface area contributed by atoms with E-state index in [0.29, 0.717) is 24.4 Å². The van der Waals surface area contributed by atoms with E-state index in [1.54, 1.807) is 0 Å². The molecule has 0 aromatic heterocycles. The fraction of sp³-hybridized carbons (Fsp3) is 0.933. The molecule has 0 bridgehead atoms. The van der Waals surface area contributed by atoms with Gasteiger partial charge in [0.2, 0.25) is 5.91 Å². The van der Waals surface area contributed by atoms with Crippen LogP contribution in [0.2, 0.25) is 0 Å². The van der Waals surface area contributed by atoms with Gasteiger partial charge in [-0.25, -0.2) is 0 Å². The molecule has 0 aromatic rings. The summed E-state index contributed by atoms with van der Waals surface area (Å²) in [6.45, 7) is 3.75. The minimum atomic E-state index is 0.170. The highest BCUT2D eigenvalue weighted by Gasteiger charge is 2.28. The SMILES string of the molecule is CCC1OCCC1CNC(=O)CC1CCCCC1N. The van der Waals surface area contributed by atoms with Gasteiger partial charge in [-0.1, -0.05) is 19.8 Å². The highest BCUT2D eigenvalue weighted by Crippen LogP contribution is 2.26. The van der Waals surface area contributed by atoms with Crippen LogP contribution in [-0.4, -0.2) is 31.2 Å². The van der Waals surface area contributed by atoms with Gasteiger partial charge in [0.1, 0.15) is 0 Å². The van der Waals surface area contributed by atoms with Crippen molar-refractivity contribution in [2.45, 2.75) is 64.0 Å². The molecule has 19 heavy (non-hydrogen) atoms. The summed E-state index contributed by atoms with van der Waals surface area (Å²) in [6, 6.07) is 0.220. The van der Waals surface area contributed by atoms with Crippen LogP contribution < -0.4 is 11.1 Å². The normalized spacial score (nSPS) is 35.3. The molecule has 1 aliphatic carbocycles. The Balaban J connectivity index is 1.69. The summed E-state index contributed by atoms with van der Waals surface area (Å²) in [5, 5.41) is 3.08. The van der Waals surface area contributed by atoms with Crippen LogP contribution in [0.5, 0.6) is 0 Å². The second-order valence-electron chi connectivity index (χ2n) is 6.08. The van der Waals surface area contributed by atoms with Gasteiger partial charge in [-0.15, -0.1) is 0 Å². The summed E-state index contributed by atoms with van der Waals surface area (Å²) >= 11 is 0. The lowest BCUT2D eigenvalue weighted by molar-refractivity contribution is -0.122. The van der Waals surface area contributed by atoms with Crippen molar-refractivity contribution in [1.82, 2.24) is 5.32 Å². The minimum absolute atomic E-state index is 0.170. The van der Waals surface area contributed by atoms with Gasteiger partial charge in [0.15, 0.2) is 0 Å². The Morgan fingerprint density at radius 2 is 2.05 bits per heavy atom. The summed E-state index contributed by atoms with van der Waals surface area (Å²) in [5.74, 6) is 1.05. The van der Waals surface area contributed by atoms with E-state index in [1.165, 1.54) is 12.8 Å². The predicted molar refractivity (Wildman–Crippen MR) is 75.7 cm³/mol. The Morgan fingerprint density at radius 3 is 2.79 bits per heavy atom. The Hall–Kier alpha value is -0.610. The number of nitrogens with one attached hydrogen (secondary N) is 1. The number of hydrogen-bond donors (Lipinski definition) is 2. The van der Waals surface area contributed by atoms with Gasteiger partial charge in [-0.05, 0) is 31.6 Å². The van der Waals surface area contributed by atoms with Gasteiger partial charge in [0, 0.05) is 31.5 Å². The number of nitrogens with two attached hydrogens (primary N) is 1. The first-order valence-corrected chi connectivity index (χ1v) is 7.84. The first-order chi connectivity index (χ1) is 9.20. The van der Waals surface area contributed by atoms with Gasteiger partial charge in [0.25, 0.3) is 0 Å². The summed E-state index contributed by atoms with van der Waals surface area (Å²) in [6.07, 6.45) is 7.67. The average molecular weight is 268 g/mol. The molecule has 4 heteroatoms. The Morgan fingerprint density at radius 1 is 1.26 bits per heavy atom. The summed E-state index contributed by atoms with van der Waals surface area (Å²) in [5.41, 5.74) is 6.09. The zero-order valence-electron chi connectivity index (χ0n) is 12.1. The van der Waals surface area contributed by atoms with E-state index in [9.17, 15) is 4.79 Å². The molecule has 2 aliphatic rings. The van der Waals surface area contributed by atoms with Crippen LogP contribution in [-0.2, 0) is 9.53 Å². The maximum Gasteiger partial charge on any atom is 0.220 e. The summed E-state index contributed by atoms with van der Waals surface area (Å²) in [7, 11) is 0. The maximum absolute atomic E-state index is 12.0. The van der Waals surface area contributed by atoms with Gasteiger partial charge in [0.05, 0.1) is 6.10 Å². The Labute approximate surface area is 116 Å². The molecule has 4 nitrogen and oxygen atoms in total. The number of carbonyl (C=O) groups is 1. The molecule has 0 radical (unpaired) electrons. The van der Waals surface area contributed by atoms with E-state index in [-0.39, 0.29) is 11.9 Å². The van der Waals surface area contributed by atoms with Crippen LogP contribution in [0.4, 0.5) is 0 Å². The lowest BCUT2D eigenvalue weighted by atomic mass is 9.83. The van der Waals surface area contributed by atoms with Crippen molar-refractivity contribution < 1.29 is 9.53 Å². The third kappa shape index (κ3) is 4.18. The van der Waals surface area contributed by atoms with Crippen molar-refractivity contribution in [3.8, 4) is 0 Å². The predicted octanol–water partition coefficient (Wildman–Crippen LogP) is 1.83. The van der Waals surface area contributed by atoms with Gasteiger partial charge in [-0.3, -0.25) is 4.79 Å². The number of amides is 1. The molecule has 1 heterocycles. The van der Waals surface area contributed by atoms with Crippen molar-refractivity contribution in [1.29, 1.82) is 0 Å². The largest absolute Gasteiger partial charge is 0.378 e. The lowest BCUT2D eigenvalue weighted by Crippen LogP contribution is -2.39. The van der Waals surface area contributed by atoms with E-state index in [4.69, 9.17) is 10.5 Å². The molecule has 2 rings (SSSR count). The maximum atomic E-state index is 12.0. The molecule has 3 N–H and O–H groups in total. The average Bonchev–Trinajstić information content (AvgIpc) is 2.86. The first-order valence-electron chi connectivity index (χ1n) is 7.84. The van der Waals surface area contributed by atoms with Gasteiger partial charge >= 0.3 is 0 Å². The molecular weight excluding hydrogens is 240 g/mol. The Kier molecular flexibility index (Phi) is 5.64. The van der Waals surface area contributed by atoms with Crippen LogP contribution in [0.1, 0.15) is 51.9 Å². The molecule has 1 aliphatic heterocycles. The monoisotopic (exact) mass is 268 g/mol. The smallest absolute Gasteiger partial charge is 0.220 e. The van der Waals surface area contributed by atoms with E-state index in [2.05, 4.69) is 12.2 Å². The third-order valence-corrected chi connectivity index (χ3v) is 4.73. The number of hydrogen-bond acceptors (Lipinski definition) is 3. The molecular formula is C15H28N2O2. The topological polar surface area (TPSA) is 64.3 Å². The van der Waals surface area contributed by atoms with Crippen molar-refractivity contribution >= 4 is 5.91 Å². The van der Waals surface area contributed by atoms with E-state index >= 15 is 0 Å². The molecule has 0 spiro atoms. The summed E-state index contributed by atoms with van der Waals surface area (Å²) < 4.78 is 5.64. The van der Waals surface area contributed by atoms with Crippen LogP contribution in [0, 0.1) is 11.8 Å². The molecule has 1 amide bonds. The lowest BCUT2D eigenvalue weighted by Gasteiger charge is -2.28. The fourth-order valence-electron chi connectivity index (χ4n) is 3.42. The Bertz CT molecular complexity index is 296. The fourth-order valence-corrected chi connectivity index (χ4v) is 3.42. The quantitative estimate of drug-likeness (QED) is 0.799. The highest BCUT2D eigenvalue weighted by molar-refractivity contribution is 5.76. The van der Waals surface area contributed by atoms with Crippen LogP contribution in [0.15, 0.2) is 0 Å². The second-order valence-corrected chi connectivity index (χ2v) is 6.08. The molecule has 110 valence electrons. The number of carbonyl (C=O) groups excluding carboxylic acids is 1. The van der Waals surface area contributed by atoms with E-state index in [0.717, 1.165) is 38.8 Å². The number of rotatable bonds is 5. The van der Waals surface area contributed by atoms with Crippen LogP contribution in [0.25, 0.3) is 0 Å². The molecule has 4 unspecified atom stereocenters. The summed E-state index contributed by atoms with van der Waals surface area (Å²) in [4.78, 5) is 12.0. The molecule has 0 aromatic carbocycles. The zero-order chi connectivity index (χ0) is 13.7. The van der Waals surface area contributed by atoms with Crippen molar-refractivity contribution in [2.24, 2.45) is 17.6 Å². The highest BCUT2D eigenvalue weighted by atomic mass is 16.5. The van der Waals surface area contributed by atoms with Gasteiger partial charge < -0.3 is 15.8 Å². The van der Waals surface area contributed by atoms with Crippen molar-refractivity contribution in [3.63, 3.8) is 0 Å². The van der Waals surface area contributed by atoms with E-state index < -0.39 is 0 Å².